The molecule has 1 nitrogen and oxygen atoms in total. The minimum Gasteiger partial charge on any atom is -0.310 e. The third-order valence-corrected chi connectivity index (χ3v) is 17.1. The molecular formula is C64H41N. The second-order valence-electron chi connectivity index (χ2n) is 19.9. The summed E-state index contributed by atoms with van der Waals surface area (Å²) in [5, 5.41) is 10.6. The normalized spacial score (nSPS) is 21.4. The molecule has 1 heteroatoms. The Morgan fingerprint density at radius 1 is 0.277 bits per heavy atom. The standard InChI is InChI=1S/C64H41N/c1-61(2)51-22-8-5-19-47(51)50-33-31-43(36-57(50)61)65(42-30-32-46-40(34-42)29-28-38-14-3-4-18-45(38)46)44-35-41-17-13-27-56-60(41)58(37-44)63-53-24-10-7-21-49(53)48-20-6-9-23-52(48)62(63)54-25-11-15-39-16-12-26-55(59(39)54)64(56,62)63/h3-37H,1-2H3. The van der Waals surface area contributed by atoms with Crippen molar-refractivity contribution in [2.45, 2.75) is 35.5 Å². The van der Waals surface area contributed by atoms with E-state index in [4.69, 9.17) is 0 Å². The maximum atomic E-state index is 2.63. The molecule has 0 saturated heterocycles. The average molecular weight is 824 g/mol. The van der Waals surface area contributed by atoms with E-state index < -0.39 is 0 Å². The van der Waals surface area contributed by atoms with E-state index in [1.165, 1.54) is 121 Å². The summed E-state index contributed by atoms with van der Waals surface area (Å²) in [6, 6.07) is 82.1. The first-order valence-corrected chi connectivity index (χ1v) is 23.3. The molecule has 5 aliphatic rings. The second-order valence-corrected chi connectivity index (χ2v) is 19.9. The van der Waals surface area contributed by atoms with Gasteiger partial charge in [-0.25, -0.2) is 0 Å². The van der Waals surface area contributed by atoms with Gasteiger partial charge >= 0.3 is 0 Å². The molecular weight excluding hydrogens is 783 g/mol. The summed E-state index contributed by atoms with van der Waals surface area (Å²) in [7, 11) is 0. The van der Waals surface area contributed by atoms with Crippen LogP contribution in [0.25, 0.3) is 65.3 Å². The van der Waals surface area contributed by atoms with Crippen LogP contribution in [0.3, 0.4) is 0 Å². The molecule has 3 atom stereocenters. The van der Waals surface area contributed by atoms with Crippen molar-refractivity contribution in [2.75, 3.05) is 4.90 Å². The first-order chi connectivity index (χ1) is 32.0. The summed E-state index contributed by atoms with van der Waals surface area (Å²) in [5.74, 6) is 0. The summed E-state index contributed by atoms with van der Waals surface area (Å²) in [6.07, 6.45) is 0. The number of fused-ring (bicyclic) bond motifs is 9. The SMILES string of the molecule is CC1(C)c2ccccc2-c2ccc(N(c3cc4c5c(cccc5c3)C35c6cccc7cccc(c67)C36c3ccccc3-c3ccccc3C465)c3ccc4c(ccc5ccccc54)c3)cc21. The second kappa shape index (κ2) is 11.3. The van der Waals surface area contributed by atoms with Gasteiger partial charge < -0.3 is 4.90 Å². The maximum Gasteiger partial charge on any atom is 0.0515 e. The largest absolute Gasteiger partial charge is 0.310 e. The number of hydrogen-bond acceptors (Lipinski definition) is 1. The molecule has 0 amide bonds. The maximum absolute atomic E-state index is 2.63. The van der Waals surface area contributed by atoms with Crippen molar-refractivity contribution >= 4 is 60.2 Å². The van der Waals surface area contributed by atoms with Crippen LogP contribution in [0.2, 0.25) is 0 Å². The first-order valence-electron chi connectivity index (χ1n) is 23.3. The van der Waals surface area contributed by atoms with Crippen molar-refractivity contribution in [3.05, 3.63) is 257 Å². The van der Waals surface area contributed by atoms with Crippen LogP contribution in [-0.2, 0) is 21.7 Å². The Bertz CT molecular complexity index is 4010. The Labute approximate surface area is 377 Å². The Kier molecular flexibility index (Phi) is 6.04. The molecule has 0 heterocycles. The lowest BCUT2D eigenvalue weighted by Crippen LogP contribution is -2.30. The minimum absolute atomic E-state index is 0.140. The summed E-state index contributed by atoms with van der Waals surface area (Å²) in [6.45, 7) is 4.79. The summed E-state index contributed by atoms with van der Waals surface area (Å²) in [5.41, 5.74) is 19.3. The highest BCUT2D eigenvalue weighted by molar-refractivity contribution is 6.15. The molecule has 16 rings (SSSR count). The number of nitrogens with zero attached hydrogens (tertiary/aromatic N) is 1. The zero-order chi connectivity index (χ0) is 42.6. The molecule has 5 aliphatic carbocycles. The molecule has 11 aromatic rings. The highest BCUT2D eigenvalue weighted by Gasteiger charge is 2.95. The lowest BCUT2D eigenvalue weighted by atomic mass is 9.65. The third-order valence-electron chi connectivity index (χ3n) is 17.1. The van der Waals surface area contributed by atoms with E-state index in [1.807, 2.05) is 0 Å². The van der Waals surface area contributed by atoms with Gasteiger partial charge in [0.15, 0.2) is 0 Å². The fourth-order valence-corrected chi connectivity index (χ4v) is 15.0. The van der Waals surface area contributed by atoms with Crippen molar-refractivity contribution in [3.63, 3.8) is 0 Å². The molecule has 65 heavy (non-hydrogen) atoms. The topological polar surface area (TPSA) is 3.24 Å². The van der Waals surface area contributed by atoms with Crippen LogP contribution in [0.4, 0.5) is 17.1 Å². The molecule has 0 aliphatic heterocycles. The summed E-state index contributed by atoms with van der Waals surface area (Å²) >= 11 is 0. The molecule has 3 spiro atoms. The molecule has 0 aromatic heterocycles. The van der Waals surface area contributed by atoms with Gasteiger partial charge in [-0.2, -0.15) is 0 Å². The van der Waals surface area contributed by atoms with E-state index in [2.05, 4.69) is 231 Å². The van der Waals surface area contributed by atoms with Gasteiger partial charge in [0, 0.05) is 22.5 Å². The Morgan fingerprint density at radius 2 is 0.723 bits per heavy atom. The Balaban J connectivity index is 1.02. The molecule has 11 aromatic carbocycles. The van der Waals surface area contributed by atoms with Gasteiger partial charge in [0.2, 0.25) is 0 Å². The number of benzene rings is 11. The van der Waals surface area contributed by atoms with E-state index in [9.17, 15) is 0 Å². The van der Waals surface area contributed by atoms with Gasteiger partial charge in [0.05, 0.1) is 16.2 Å². The van der Waals surface area contributed by atoms with E-state index in [-0.39, 0.29) is 21.7 Å². The fraction of sp³-hybridized carbons (Fsp3) is 0.0938. The molecule has 0 bridgehead atoms. The van der Waals surface area contributed by atoms with Crippen LogP contribution in [0.15, 0.2) is 212 Å². The highest BCUT2D eigenvalue weighted by atomic mass is 15.1. The van der Waals surface area contributed by atoms with Crippen LogP contribution in [-0.4, -0.2) is 0 Å². The molecule has 1 fully saturated rings. The van der Waals surface area contributed by atoms with Crippen molar-refractivity contribution in [3.8, 4) is 22.3 Å². The number of hydrogen-bond donors (Lipinski definition) is 0. The first kappa shape index (κ1) is 34.7. The number of rotatable bonds is 3. The van der Waals surface area contributed by atoms with Gasteiger partial charge in [-0.05, 0) is 146 Å². The Morgan fingerprint density at radius 3 is 1.45 bits per heavy atom. The van der Waals surface area contributed by atoms with Gasteiger partial charge in [-0.1, -0.05) is 190 Å². The quantitative estimate of drug-likeness (QED) is 0.160. The molecule has 3 unspecified atom stereocenters. The van der Waals surface area contributed by atoms with Gasteiger partial charge in [0.25, 0.3) is 0 Å². The zero-order valence-corrected chi connectivity index (χ0v) is 36.2. The molecule has 1 saturated carbocycles. The van der Waals surface area contributed by atoms with Crippen LogP contribution >= 0.6 is 0 Å². The van der Waals surface area contributed by atoms with Gasteiger partial charge in [-0.3, -0.25) is 0 Å². The minimum atomic E-state index is -0.360. The fourth-order valence-electron chi connectivity index (χ4n) is 15.0. The Hall–Kier alpha value is -7.74. The van der Waals surface area contributed by atoms with E-state index in [0.29, 0.717) is 0 Å². The zero-order valence-electron chi connectivity index (χ0n) is 36.2. The lowest BCUT2D eigenvalue weighted by molar-refractivity contribution is 0.660. The van der Waals surface area contributed by atoms with Crippen molar-refractivity contribution < 1.29 is 0 Å². The molecule has 0 radical (unpaired) electrons. The van der Waals surface area contributed by atoms with E-state index in [1.54, 1.807) is 0 Å². The van der Waals surface area contributed by atoms with Crippen LogP contribution < -0.4 is 4.90 Å². The third kappa shape index (κ3) is 3.61. The predicted molar refractivity (Wildman–Crippen MR) is 269 cm³/mol. The smallest absolute Gasteiger partial charge is 0.0515 e. The van der Waals surface area contributed by atoms with Crippen LogP contribution in [0.5, 0.6) is 0 Å². The lowest BCUT2D eigenvalue weighted by Gasteiger charge is -2.37. The van der Waals surface area contributed by atoms with Gasteiger partial charge in [-0.15, -0.1) is 0 Å². The monoisotopic (exact) mass is 823 g/mol. The summed E-state index contributed by atoms with van der Waals surface area (Å²) < 4.78 is 0. The van der Waals surface area contributed by atoms with Crippen molar-refractivity contribution in [2.24, 2.45) is 0 Å². The number of anilines is 3. The van der Waals surface area contributed by atoms with Crippen molar-refractivity contribution in [1.82, 2.24) is 0 Å². The highest BCUT2D eigenvalue weighted by Crippen LogP contribution is 2.94. The van der Waals surface area contributed by atoms with E-state index in [0.717, 1.165) is 5.69 Å². The van der Waals surface area contributed by atoms with E-state index >= 15 is 0 Å². The molecule has 0 N–H and O–H groups in total. The van der Waals surface area contributed by atoms with Crippen molar-refractivity contribution in [1.29, 1.82) is 0 Å². The van der Waals surface area contributed by atoms with Crippen LogP contribution in [0, 0.1) is 0 Å². The molecule has 302 valence electrons. The summed E-state index contributed by atoms with van der Waals surface area (Å²) in [4.78, 5) is 2.57. The van der Waals surface area contributed by atoms with Crippen LogP contribution in [0.1, 0.15) is 58.4 Å². The predicted octanol–water partition coefficient (Wildman–Crippen LogP) is 16.0. The van der Waals surface area contributed by atoms with Gasteiger partial charge in [0.1, 0.15) is 0 Å². The average Bonchev–Trinajstić information content (AvgIpc) is 3.57.